The third kappa shape index (κ3) is 2.66. The Bertz CT molecular complexity index is 660. The number of carbonyl (C=O) groups excluding carboxylic acids is 1. The zero-order valence-electron chi connectivity index (χ0n) is 11.5. The molecule has 0 radical (unpaired) electrons. The van der Waals surface area contributed by atoms with E-state index in [-0.39, 0.29) is 5.91 Å². The second-order valence-corrected chi connectivity index (χ2v) is 4.73. The van der Waals surface area contributed by atoms with Crippen molar-refractivity contribution in [3.8, 4) is 5.75 Å². The van der Waals surface area contributed by atoms with Crippen molar-refractivity contribution in [2.45, 2.75) is 6.54 Å². The van der Waals surface area contributed by atoms with Crippen LogP contribution in [0.2, 0.25) is 0 Å². The molecule has 0 bridgehead atoms. The summed E-state index contributed by atoms with van der Waals surface area (Å²) in [5.41, 5.74) is 3.91. The molecule has 0 fully saturated rings. The molecule has 0 unspecified atom stereocenters. The molecule has 3 N–H and O–H groups in total. The second-order valence-electron chi connectivity index (χ2n) is 4.73. The van der Waals surface area contributed by atoms with Crippen molar-refractivity contribution in [2.24, 2.45) is 5.84 Å². The minimum atomic E-state index is -0.114. The van der Waals surface area contributed by atoms with E-state index in [0.29, 0.717) is 31.1 Å². The molecule has 0 saturated carbocycles. The number of hydrogen-bond acceptors (Lipinski definition) is 5. The van der Waals surface area contributed by atoms with Crippen LogP contribution >= 0.6 is 0 Å². The van der Waals surface area contributed by atoms with Gasteiger partial charge in [0.15, 0.2) is 5.82 Å². The fraction of sp³-hybridized carbons (Fsp3) is 0.200. The van der Waals surface area contributed by atoms with E-state index in [0.717, 1.165) is 11.3 Å². The predicted molar refractivity (Wildman–Crippen MR) is 78.7 cm³/mol. The first-order valence-corrected chi connectivity index (χ1v) is 6.71. The summed E-state index contributed by atoms with van der Waals surface area (Å²) in [4.78, 5) is 18.5. The second kappa shape index (κ2) is 5.80. The van der Waals surface area contributed by atoms with Crippen molar-refractivity contribution >= 4 is 11.7 Å². The Hall–Kier alpha value is -2.60. The summed E-state index contributed by atoms with van der Waals surface area (Å²) in [6.45, 7) is 1.49. The number of carbonyl (C=O) groups is 1. The maximum Gasteiger partial charge on any atom is 0.258 e. The van der Waals surface area contributed by atoms with E-state index in [9.17, 15) is 4.79 Å². The first kappa shape index (κ1) is 13.4. The molecule has 0 atom stereocenters. The van der Waals surface area contributed by atoms with Crippen LogP contribution in [-0.4, -0.2) is 28.9 Å². The summed E-state index contributed by atoms with van der Waals surface area (Å²) in [6.07, 6.45) is 1.59. The van der Waals surface area contributed by atoms with Crippen molar-refractivity contribution in [2.75, 3.05) is 18.6 Å². The summed E-state index contributed by atoms with van der Waals surface area (Å²) in [5.74, 6) is 6.51. The number of nitrogens with zero attached hydrogens (tertiary/aromatic N) is 2. The molecule has 1 aliphatic heterocycles. The van der Waals surface area contributed by atoms with E-state index >= 15 is 0 Å². The molecule has 1 amide bonds. The number of pyridine rings is 1. The van der Waals surface area contributed by atoms with Crippen LogP contribution in [0, 0.1) is 0 Å². The number of para-hydroxylation sites is 1. The largest absolute Gasteiger partial charge is 0.491 e. The lowest BCUT2D eigenvalue weighted by Crippen LogP contribution is -2.33. The van der Waals surface area contributed by atoms with Crippen LogP contribution in [-0.2, 0) is 6.54 Å². The number of hydrazine groups is 1. The maximum atomic E-state index is 12.7. The van der Waals surface area contributed by atoms with Crippen molar-refractivity contribution in [3.05, 3.63) is 53.7 Å². The summed E-state index contributed by atoms with van der Waals surface area (Å²) in [7, 11) is 0. The van der Waals surface area contributed by atoms with Gasteiger partial charge in [-0.15, -0.1) is 0 Å². The molecule has 108 valence electrons. The lowest BCUT2D eigenvalue weighted by molar-refractivity contribution is 0.0734. The predicted octanol–water partition coefficient (Wildman–Crippen LogP) is 1.40. The van der Waals surface area contributed by atoms with Crippen LogP contribution < -0.4 is 16.0 Å². The number of aromatic nitrogens is 1. The van der Waals surface area contributed by atoms with E-state index in [1.807, 2.05) is 24.3 Å². The highest BCUT2D eigenvalue weighted by atomic mass is 16.5. The van der Waals surface area contributed by atoms with Crippen molar-refractivity contribution in [1.29, 1.82) is 0 Å². The number of nitrogens with one attached hydrogen (secondary N) is 1. The van der Waals surface area contributed by atoms with Crippen LogP contribution in [0.5, 0.6) is 5.75 Å². The van der Waals surface area contributed by atoms with E-state index in [1.54, 1.807) is 23.2 Å². The first-order chi connectivity index (χ1) is 10.3. The van der Waals surface area contributed by atoms with Gasteiger partial charge in [-0.1, -0.05) is 18.2 Å². The van der Waals surface area contributed by atoms with E-state index in [2.05, 4.69) is 10.4 Å². The van der Waals surface area contributed by atoms with Crippen LogP contribution in [0.1, 0.15) is 15.9 Å². The maximum absolute atomic E-state index is 12.7. The molecule has 21 heavy (non-hydrogen) atoms. The molecule has 3 rings (SSSR count). The standard InChI is InChI=1S/C15H16N4O2/c16-18-14-12(5-3-7-17-14)15(20)19-8-9-21-13-6-2-1-4-11(13)10-19/h1-7H,8-10,16H2,(H,17,18). The van der Waals surface area contributed by atoms with Gasteiger partial charge in [0.25, 0.3) is 5.91 Å². The number of benzene rings is 1. The number of nitrogen functional groups attached to an aromatic ring is 1. The third-order valence-corrected chi connectivity index (χ3v) is 3.41. The van der Waals surface area contributed by atoms with Gasteiger partial charge >= 0.3 is 0 Å². The number of amides is 1. The SMILES string of the molecule is NNc1ncccc1C(=O)N1CCOc2ccccc2C1. The summed E-state index contributed by atoms with van der Waals surface area (Å²) >= 11 is 0. The topological polar surface area (TPSA) is 80.5 Å². The molecule has 0 spiro atoms. The summed E-state index contributed by atoms with van der Waals surface area (Å²) < 4.78 is 5.67. The Kier molecular flexibility index (Phi) is 3.70. The lowest BCUT2D eigenvalue weighted by Gasteiger charge is -2.20. The van der Waals surface area contributed by atoms with Crippen molar-refractivity contribution in [1.82, 2.24) is 9.88 Å². The fourth-order valence-electron chi connectivity index (χ4n) is 2.36. The zero-order chi connectivity index (χ0) is 14.7. The minimum absolute atomic E-state index is 0.114. The molecule has 2 aromatic rings. The molecule has 2 heterocycles. The molecule has 6 nitrogen and oxygen atoms in total. The Labute approximate surface area is 122 Å². The van der Waals surface area contributed by atoms with Gasteiger partial charge in [-0.05, 0) is 18.2 Å². The highest BCUT2D eigenvalue weighted by Gasteiger charge is 2.22. The van der Waals surface area contributed by atoms with E-state index < -0.39 is 0 Å². The molecule has 0 saturated heterocycles. The van der Waals surface area contributed by atoms with Gasteiger partial charge in [0.2, 0.25) is 0 Å². The summed E-state index contributed by atoms with van der Waals surface area (Å²) in [5, 5.41) is 0. The number of ether oxygens (including phenoxy) is 1. The number of hydrogen-bond donors (Lipinski definition) is 2. The average molecular weight is 284 g/mol. The van der Waals surface area contributed by atoms with Crippen molar-refractivity contribution < 1.29 is 9.53 Å². The van der Waals surface area contributed by atoms with Gasteiger partial charge in [-0.2, -0.15) is 0 Å². The van der Waals surface area contributed by atoms with Gasteiger partial charge in [0.1, 0.15) is 12.4 Å². The van der Waals surface area contributed by atoms with Gasteiger partial charge in [0.05, 0.1) is 12.1 Å². The van der Waals surface area contributed by atoms with Gasteiger partial charge < -0.3 is 15.1 Å². The molecule has 1 aliphatic rings. The number of fused-ring (bicyclic) bond motifs is 1. The zero-order valence-corrected chi connectivity index (χ0v) is 11.5. The Balaban J connectivity index is 1.88. The fourth-order valence-corrected chi connectivity index (χ4v) is 2.36. The number of rotatable bonds is 2. The molecule has 1 aromatic carbocycles. The number of anilines is 1. The molecular formula is C15H16N4O2. The van der Waals surface area contributed by atoms with E-state index in [1.165, 1.54) is 0 Å². The lowest BCUT2D eigenvalue weighted by atomic mass is 10.1. The Morgan fingerprint density at radius 1 is 1.29 bits per heavy atom. The Morgan fingerprint density at radius 3 is 3.00 bits per heavy atom. The Morgan fingerprint density at radius 2 is 2.14 bits per heavy atom. The van der Waals surface area contributed by atoms with Crippen LogP contribution in [0.15, 0.2) is 42.6 Å². The monoisotopic (exact) mass is 284 g/mol. The molecular weight excluding hydrogens is 268 g/mol. The number of nitrogens with two attached hydrogens (primary N) is 1. The highest BCUT2D eigenvalue weighted by Crippen LogP contribution is 2.24. The average Bonchev–Trinajstić information content (AvgIpc) is 2.76. The molecule has 6 heteroatoms. The van der Waals surface area contributed by atoms with E-state index in [4.69, 9.17) is 10.6 Å². The smallest absolute Gasteiger partial charge is 0.258 e. The van der Waals surface area contributed by atoms with Crippen LogP contribution in [0.3, 0.4) is 0 Å². The molecule has 1 aromatic heterocycles. The van der Waals surface area contributed by atoms with Crippen molar-refractivity contribution in [3.63, 3.8) is 0 Å². The highest BCUT2D eigenvalue weighted by molar-refractivity contribution is 5.98. The van der Waals surface area contributed by atoms with Gasteiger partial charge in [-0.3, -0.25) is 4.79 Å². The minimum Gasteiger partial charge on any atom is -0.491 e. The van der Waals surface area contributed by atoms with Gasteiger partial charge in [0, 0.05) is 18.3 Å². The first-order valence-electron chi connectivity index (χ1n) is 6.71. The molecule has 0 aliphatic carbocycles. The third-order valence-electron chi connectivity index (χ3n) is 3.41. The van der Waals surface area contributed by atoms with Crippen LogP contribution in [0.4, 0.5) is 5.82 Å². The normalized spacial score (nSPS) is 13.9. The van der Waals surface area contributed by atoms with Gasteiger partial charge in [-0.25, -0.2) is 10.8 Å². The summed E-state index contributed by atoms with van der Waals surface area (Å²) in [6, 6.07) is 11.2. The van der Waals surface area contributed by atoms with Crippen LogP contribution in [0.25, 0.3) is 0 Å². The quantitative estimate of drug-likeness (QED) is 0.643.